The van der Waals surface area contributed by atoms with Gasteiger partial charge in [0.2, 0.25) is 0 Å². The molecule has 0 N–H and O–H groups in total. The third-order valence-corrected chi connectivity index (χ3v) is 5.19. The summed E-state index contributed by atoms with van der Waals surface area (Å²) in [6.07, 6.45) is 5.88. The number of esters is 1. The third-order valence-electron chi connectivity index (χ3n) is 5.19. The number of ether oxygens (including phenoxy) is 3. The van der Waals surface area contributed by atoms with E-state index >= 15 is 0 Å². The number of fused-ring (bicyclic) bond motifs is 3. The zero-order valence-corrected chi connectivity index (χ0v) is 12.9. The highest BCUT2D eigenvalue weighted by Gasteiger charge is 2.61. The Morgan fingerprint density at radius 1 is 1.45 bits per heavy atom. The smallest absolute Gasteiger partial charge is 0.312 e. The number of rotatable bonds is 3. The van der Waals surface area contributed by atoms with E-state index in [2.05, 4.69) is 18.2 Å². The van der Waals surface area contributed by atoms with Gasteiger partial charge in [0.25, 0.3) is 0 Å². The molecule has 1 saturated heterocycles. The van der Waals surface area contributed by atoms with Crippen LogP contribution in [0.4, 0.5) is 0 Å². The normalized spacial score (nSPS) is 34.2. The molecular weight excluding hydrogens is 280 g/mol. The zero-order chi connectivity index (χ0) is 15.3. The summed E-state index contributed by atoms with van der Waals surface area (Å²) in [5, 5.41) is 0. The molecule has 3 aliphatic rings. The number of methoxy groups -OCH3 is 1. The van der Waals surface area contributed by atoms with E-state index in [9.17, 15) is 4.79 Å². The van der Waals surface area contributed by atoms with Gasteiger partial charge in [-0.3, -0.25) is 4.79 Å². The Hall–Kier alpha value is -1.81. The number of hydrogen-bond acceptors (Lipinski definition) is 4. The lowest BCUT2D eigenvalue weighted by Crippen LogP contribution is -2.40. The summed E-state index contributed by atoms with van der Waals surface area (Å²) in [6.45, 7) is 2.25. The molecule has 0 aromatic heterocycles. The predicted molar refractivity (Wildman–Crippen MR) is 80.9 cm³/mol. The van der Waals surface area contributed by atoms with Crippen molar-refractivity contribution in [2.75, 3.05) is 13.7 Å². The Labute approximate surface area is 130 Å². The van der Waals surface area contributed by atoms with Gasteiger partial charge in [0, 0.05) is 5.92 Å². The van der Waals surface area contributed by atoms with E-state index < -0.39 is 0 Å². The Kier molecular flexibility index (Phi) is 3.05. The van der Waals surface area contributed by atoms with E-state index in [1.165, 1.54) is 11.1 Å². The van der Waals surface area contributed by atoms with E-state index in [-0.39, 0.29) is 29.5 Å². The predicted octanol–water partition coefficient (Wildman–Crippen LogP) is 2.61. The second-order valence-corrected chi connectivity index (χ2v) is 6.22. The zero-order valence-electron chi connectivity index (χ0n) is 12.9. The van der Waals surface area contributed by atoms with Crippen LogP contribution >= 0.6 is 0 Å². The highest BCUT2D eigenvalue weighted by atomic mass is 16.5. The van der Waals surface area contributed by atoms with Crippen molar-refractivity contribution in [3.8, 4) is 5.75 Å². The topological polar surface area (TPSA) is 44.8 Å². The molecule has 1 spiro atoms. The van der Waals surface area contributed by atoms with Gasteiger partial charge >= 0.3 is 5.97 Å². The fraction of sp³-hybridized carbons (Fsp3) is 0.500. The van der Waals surface area contributed by atoms with Crippen molar-refractivity contribution in [3.05, 3.63) is 41.5 Å². The van der Waals surface area contributed by atoms with Crippen molar-refractivity contribution >= 4 is 5.97 Å². The molecule has 1 aromatic carbocycles. The summed E-state index contributed by atoms with van der Waals surface area (Å²) in [5.41, 5.74) is 2.13. The lowest BCUT2D eigenvalue weighted by molar-refractivity contribution is -0.149. The first kappa shape index (κ1) is 13.8. The highest BCUT2D eigenvalue weighted by molar-refractivity contribution is 5.77. The molecule has 1 aromatic rings. The molecule has 22 heavy (non-hydrogen) atoms. The summed E-state index contributed by atoms with van der Waals surface area (Å²) < 4.78 is 16.8. The molecule has 1 unspecified atom stereocenters. The number of carbonyl (C=O) groups is 1. The molecule has 4 nitrogen and oxygen atoms in total. The van der Waals surface area contributed by atoms with Crippen LogP contribution in [0.25, 0.3) is 0 Å². The van der Waals surface area contributed by atoms with Gasteiger partial charge in [-0.2, -0.15) is 0 Å². The van der Waals surface area contributed by atoms with Gasteiger partial charge in [0.15, 0.2) is 0 Å². The van der Waals surface area contributed by atoms with Crippen molar-refractivity contribution in [3.63, 3.8) is 0 Å². The minimum atomic E-state index is -0.330. The second kappa shape index (κ2) is 4.85. The van der Waals surface area contributed by atoms with Gasteiger partial charge in [0.05, 0.1) is 31.3 Å². The van der Waals surface area contributed by atoms with Crippen molar-refractivity contribution in [2.45, 2.75) is 37.4 Å². The number of carbonyl (C=O) groups excluding carboxylic acids is 1. The van der Waals surface area contributed by atoms with Gasteiger partial charge in [0.1, 0.15) is 5.75 Å². The lowest BCUT2D eigenvalue weighted by Gasteiger charge is -2.38. The molecule has 1 aliphatic carbocycles. The molecule has 4 heteroatoms. The average Bonchev–Trinajstić information content (AvgIpc) is 3.09. The molecule has 4 rings (SSSR count). The highest BCUT2D eigenvalue weighted by Crippen LogP contribution is 2.57. The van der Waals surface area contributed by atoms with Crippen LogP contribution in [0.3, 0.4) is 0 Å². The largest absolute Gasteiger partial charge is 0.497 e. The number of benzene rings is 1. The maximum atomic E-state index is 12.5. The molecule has 0 saturated carbocycles. The summed E-state index contributed by atoms with van der Waals surface area (Å²) in [7, 11) is 1.68. The summed E-state index contributed by atoms with van der Waals surface area (Å²) in [6, 6.07) is 6.14. The summed E-state index contributed by atoms with van der Waals surface area (Å²) in [5.74, 6) is 0.531. The number of aryl methyl sites for hydroxylation is 1. The Balaban J connectivity index is 1.79. The first-order chi connectivity index (χ1) is 10.7. The quantitative estimate of drug-likeness (QED) is 0.636. The lowest BCUT2D eigenvalue weighted by atomic mass is 9.65. The van der Waals surface area contributed by atoms with Gasteiger partial charge < -0.3 is 14.2 Å². The van der Waals surface area contributed by atoms with Crippen molar-refractivity contribution in [1.82, 2.24) is 0 Å². The molecular formula is C18H20O4. The minimum Gasteiger partial charge on any atom is -0.497 e. The van der Waals surface area contributed by atoms with E-state index in [0.29, 0.717) is 6.61 Å². The van der Waals surface area contributed by atoms with E-state index in [1.54, 1.807) is 7.11 Å². The Bertz CT molecular complexity index is 650. The van der Waals surface area contributed by atoms with Crippen LogP contribution in [0.1, 0.15) is 30.4 Å². The van der Waals surface area contributed by atoms with E-state index in [1.807, 2.05) is 19.1 Å². The van der Waals surface area contributed by atoms with Crippen LogP contribution in [0, 0.1) is 5.92 Å². The molecule has 2 heterocycles. The maximum absolute atomic E-state index is 12.5. The van der Waals surface area contributed by atoms with Crippen molar-refractivity contribution in [2.24, 2.45) is 5.92 Å². The van der Waals surface area contributed by atoms with Crippen LogP contribution in [-0.4, -0.2) is 31.4 Å². The van der Waals surface area contributed by atoms with Gasteiger partial charge in [-0.25, -0.2) is 0 Å². The average molecular weight is 300 g/mol. The monoisotopic (exact) mass is 300 g/mol. The standard InChI is InChI=1S/C18H20O4/c1-3-21-17(19)15-14-7-9-18(22-14)8-6-11-10-12(20-2)4-5-13(11)16(15)18/h4-5,7,9-10,14-16H,3,6,8H2,1-2H3/t14-,15?,16-,18+/m0/s1. The number of hydrogen-bond donors (Lipinski definition) is 0. The van der Waals surface area contributed by atoms with Crippen LogP contribution < -0.4 is 4.74 Å². The Morgan fingerprint density at radius 3 is 3.09 bits per heavy atom. The van der Waals surface area contributed by atoms with E-state index in [0.717, 1.165) is 18.6 Å². The molecule has 116 valence electrons. The van der Waals surface area contributed by atoms with Gasteiger partial charge in [-0.15, -0.1) is 0 Å². The minimum absolute atomic E-state index is 0.0520. The van der Waals surface area contributed by atoms with Crippen LogP contribution in [0.5, 0.6) is 5.75 Å². The first-order valence-corrected chi connectivity index (χ1v) is 7.89. The second-order valence-electron chi connectivity index (χ2n) is 6.22. The molecule has 0 radical (unpaired) electrons. The van der Waals surface area contributed by atoms with E-state index in [4.69, 9.17) is 14.2 Å². The van der Waals surface area contributed by atoms with Crippen molar-refractivity contribution in [1.29, 1.82) is 0 Å². The fourth-order valence-electron chi connectivity index (χ4n) is 4.28. The molecule has 2 aliphatic heterocycles. The van der Waals surface area contributed by atoms with Crippen LogP contribution in [-0.2, 0) is 20.7 Å². The van der Waals surface area contributed by atoms with Crippen LogP contribution in [0.15, 0.2) is 30.4 Å². The maximum Gasteiger partial charge on any atom is 0.312 e. The van der Waals surface area contributed by atoms with Crippen molar-refractivity contribution < 1.29 is 19.0 Å². The fourth-order valence-corrected chi connectivity index (χ4v) is 4.28. The SMILES string of the molecule is CCOC(=O)C1[C@@H]2C=C[C@@]3(CCc4cc(OC)ccc4[C@@H]13)O2. The summed E-state index contributed by atoms with van der Waals surface area (Å²) >= 11 is 0. The first-order valence-electron chi connectivity index (χ1n) is 7.89. The Morgan fingerprint density at radius 2 is 2.32 bits per heavy atom. The third kappa shape index (κ3) is 1.76. The summed E-state index contributed by atoms with van der Waals surface area (Å²) in [4.78, 5) is 12.5. The molecule has 0 amide bonds. The van der Waals surface area contributed by atoms with Gasteiger partial charge in [-0.1, -0.05) is 18.2 Å². The van der Waals surface area contributed by atoms with Crippen LogP contribution in [0.2, 0.25) is 0 Å². The van der Waals surface area contributed by atoms with Gasteiger partial charge in [-0.05, 0) is 43.0 Å². The molecule has 4 atom stereocenters. The molecule has 1 fully saturated rings. The molecule has 2 bridgehead atoms.